The Morgan fingerprint density at radius 3 is 2.48 bits per heavy atom. The largest absolute Gasteiger partial charge is 0.368 e. The van der Waals surface area contributed by atoms with Gasteiger partial charge in [0.05, 0.1) is 28.8 Å². The number of hydrogen-bond donors (Lipinski definition) is 0. The monoisotopic (exact) mass is 418 g/mol. The zero-order chi connectivity index (χ0) is 21.7. The van der Waals surface area contributed by atoms with Crippen LogP contribution in [0.5, 0.6) is 0 Å². The second kappa shape index (κ2) is 7.33. The van der Waals surface area contributed by atoms with Crippen molar-refractivity contribution in [2.45, 2.75) is 26.8 Å². The van der Waals surface area contributed by atoms with Crippen LogP contribution < -0.4 is 15.4 Å². The van der Waals surface area contributed by atoms with Crippen LogP contribution in [0.4, 0.5) is 11.5 Å². The Bertz CT molecular complexity index is 1330. The molecule has 9 nitrogen and oxygen atoms in total. The summed E-state index contributed by atoms with van der Waals surface area (Å²) >= 11 is 0. The predicted octanol–water partition coefficient (Wildman–Crippen LogP) is 2.29. The van der Waals surface area contributed by atoms with Gasteiger partial charge in [0, 0.05) is 45.0 Å². The third-order valence-electron chi connectivity index (χ3n) is 5.95. The molecule has 3 aromatic heterocycles. The molecule has 1 aliphatic rings. The smallest absolute Gasteiger partial charge is 0.261 e. The van der Waals surface area contributed by atoms with Crippen molar-refractivity contribution < 1.29 is 0 Å². The molecule has 0 atom stereocenters. The third-order valence-corrected chi connectivity index (χ3v) is 5.95. The number of rotatable bonds is 3. The molecule has 0 amide bonds. The Kier molecular flexibility index (Phi) is 4.60. The molecule has 31 heavy (non-hydrogen) atoms. The highest BCUT2D eigenvalue weighted by molar-refractivity contribution is 5.87. The average molecular weight is 419 g/mol. The first-order valence-corrected chi connectivity index (χ1v) is 10.6. The molecule has 1 aromatic carbocycles. The summed E-state index contributed by atoms with van der Waals surface area (Å²) in [7, 11) is 1.90. The number of piperazine rings is 1. The average Bonchev–Trinajstić information content (AvgIpc) is 3.13. The summed E-state index contributed by atoms with van der Waals surface area (Å²) in [6.07, 6.45) is 3.49. The number of aryl methyl sites for hydroxylation is 2. The van der Waals surface area contributed by atoms with Gasteiger partial charge in [-0.15, -0.1) is 0 Å². The Morgan fingerprint density at radius 2 is 1.74 bits per heavy atom. The molecule has 0 unspecified atom stereocenters. The van der Waals surface area contributed by atoms with Crippen molar-refractivity contribution in [2.24, 2.45) is 7.05 Å². The molecule has 4 heterocycles. The molecule has 0 aliphatic carbocycles. The van der Waals surface area contributed by atoms with E-state index >= 15 is 0 Å². The van der Waals surface area contributed by atoms with Gasteiger partial charge in [-0.1, -0.05) is 0 Å². The lowest BCUT2D eigenvalue weighted by molar-refractivity contribution is 0.573. The van der Waals surface area contributed by atoms with Crippen LogP contribution in [-0.4, -0.2) is 55.5 Å². The van der Waals surface area contributed by atoms with Gasteiger partial charge in [-0.2, -0.15) is 5.10 Å². The molecule has 5 rings (SSSR count). The first-order chi connectivity index (χ1) is 14.9. The summed E-state index contributed by atoms with van der Waals surface area (Å²) in [4.78, 5) is 31.1. The second-order valence-electron chi connectivity index (χ2n) is 8.33. The van der Waals surface area contributed by atoms with Crippen LogP contribution in [0.1, 0.15) is 25.7 Å². The quantitative estimate of drug-likeness (QED) is 0.505. The van der Waals surface area contributed by atoms with Gasteiger partial charge in [-0.3, -0.25) is 14.0 Å². The molecule has 0 N–H and O–H groups in total. The SMILES string of the molecule is Cc1nc(N2CCN(c3ccc4c(=O)n(C(C)C)cnc4c3)CC2)c2cnn(C)c2n1. The van der Waals surface area contributed by atoms with Crippen molar-refractivity contribution in [3.8, 4) is 0 Å². The summed E-state index contributed by atoms with van der Waals surface area (Å²) in [5.41, 5.74) is 2.70. The minimum atomic E-state index is 0.0102. The van der Waals surface area contributed by atoms with E-state index in [4.69, 9.17) is 4.98 Å². The summed E-state index contributed by atoms with van der Waals surface area (Å²) in [5, 5.41) is 6.00. The summed E-state index contributed by atoms with van der Waals surface area (Å²) in [5.74, 6) is 1.70. The Hall–Kier alpha value is -3.49. The molecule has 4 aromatic rings. The maximum atomic E-state index is 12.7. The predicted molar refractivity (Wildman–Crippen MR) is 122 cm³/mol. The Labute approximate surface area is 180 Å². The molecular weight excluding hydrogens is 392 g/mol. The third kappa shape index (κ3) is 3.30. The van der Waals surface area contributed by atoms with Crippen molar-refractivity contribution in [3.63, 3.8) is 0 Å². The van der Waals surface area contributed by atoms with E-state index in [1.165, 1.54) is 0 Å². The van der Waals surface area contributed by atoms with Crippen LogP contribution in [-0.2, 0) is 7.05 Å². The Morgan fingerprint density at radius 1 is 1.00 bits per heavy atom. The van der Waals surface area contributed by atoms with Gasteiger partial charge >= 0.3 is 0 Å². The first kappa shape index (κ1) is 19.5. The fourth-order valence-electron chi connectivity index (χ4n) is 4.22. The van der Waals surface area contributed by atoms with Crippen molar-refractivity contribution in [1.29, 1.82) is 0 Å². The molecule has 160 valence electrons. The van der Waals surface area contributed by atoms with E-state index in [0.29, 0.717) is 5.39 Å². The minimum Gasteiger partial charge on any atom is -0.368 e. The molecule has 1 fully saturated rings. The summed E-state index contributed by atoms with van der Waals surface area (Å²) in [6.45, 7) is 9.31. The molecule has 0 spiro atoms. The fourth-order valence-corrected chi connectivity index (χ4v) is 4.22. The molecule has 9 heteroatoms. The van der Waals surface area contributed by atoms with Crippen LogP contribution in [0.15, 0.2) is 35.5 Å². The van der Waals surface area contributed by atoms with E-state index in [1.54, 1.807) is 15.6 Å². The summed E-state index contributed by atoms with van der Waals surface area (Å²) in [6, 6.07) is 6.04. The van der Waals surface area contributed by atoms with Gasteiger partial charge in [0.25, 0.3) is 5.56 Å². The lowest BCUT2D eigenvalue weighted by Crippen LogP contribution is -2.47. The van der Waals surface area contributed by atoms with E-state index in [9.17, 15) is 4.79 Å². The van der Waals surface area contributed by atoms with E-state index in [-0.39, 0.29) is 11.6 Å². The fraction of sp³-hybridized carbons (Fsp3) is 0.409. The van der Waals surface area contributed by atoms with Crippen LogP contribution in [0, 0.1) is 6.92 Å². The number of benzene rings is 1. The highest BCUT2D eigenvalue weighted by atomic mass is 16.1. The second-order valence-corrected chi connectivity index (χ2v) is 8.33. The minimum absolute atomic E-state index is 0.0102. The maximum Gasteiger partial charge on any atom is 0.261 e. The van der Waals surface area contributed by atoms with Crippen molar-refractivity contribution in [2.75, 3.05) is 36.0 Å². The standard InChI is InChI=1S/C22H26N8O/c1-14(2)30-13-23-19-11-16(5-6-17(19)22(30)31)28-7-9-29(10-8-28)21-18-12-24-27(4)20(18)25-15(3)26-21/h5-6,11-14H,7-10H2,1-4H3. The first-order valence-electron chi connectivity index (χ1n) is 10.6. The van der Waals surface area contributed by atoms with Gasteiger partial charge in [0.1, 0.15) is 11.6 Å². The topological polar surface area (TPSA) is 85.0 Å². The maximum absolute atomic E-state index is 12.7. The number of hydrogen-bond acceptors (Lipinski definition) is 7. The Balaban J connectivity index is 1.39. The molecule has 1 aliphatic heterocycles. The molecular formula is C22H26N8O. The molecule has 0 radical (unpaired) electrons. The van der Waals surface area contributed by atoms with Crippen molar-refractivity contribution >= 4 is 33.4 Å². The van der Waals surface area contributed by atoms with Crippen LogP contribution in [0.2, 0.25) is 0 Å². The van der Waals surface area contributed by atoms with Gasteiger partial charge in [-0.25, -0.2) is 15.0 Å². The lowest BCUT2D eigenvalue weighted by Gasteiger charge is -2.37. The zero-order valence-electron chi connectivity index (χ0n) is 18.3. The number of aromatic nitrogens is 6. The van der Waals surface area contributed by atoms with Gasteiger partial charge in [0.15, 0.2) is 5.65 Å². The van der Waals surface area contributed by atoms with Crippen LogP contribution in [0.3, 0.4) is 0 Å². The van der Waals surface area contributed by atoms with Gasteiger partial charge < -0.3 is 9.80 Å². The van der Waals surface area contributed by atoms with Crippen LogP contribution in [0.25, 0.3) is 21.9 Å². The van der Waals surface area contributed by atoms with E-state index in [2.05, 4.69) is 24.9 Å². The lowest BCUT2D eigenvalue weighted by atomic mass is 10.2. The highest BCUT2D eigenvalue weighted by Crippen LogP contribution is 2.26. The normalized spacial score (nSPS) is 14.9. The molecule has 0 bridgehead atoms. The van der Waals surface area contributed by atoms with Gasteiger partial charge in [-0.05, 0) is 39.0 Å². The van der Waals surface area contributed by atoms with Crippen LogP contribution >= 0.6 is 0 Å². The molecule has 1 saturated heterocycles. The van der Waals surface area contributed by atoms with Crippen molar-refractivity contribution in [3.05, 3.63) is 46.9 Å². The van der Waals surface area contributed by atoms with Gasteiger partial charge in [0.2, 0.25) is 0 Å². The highest BCUT2D eigenvalue weighted by Gasteiger charge is 2.22. The number of nitrogens with zero attached hydrogens (tertiary/aromatic N) is 8. The number of anilines is 2. The van der Waals surface area contributed by atoms with Crippen molar-refractivity contribution in [1.82, 2.24) is 29.3 Å². The summed E-state index contributed by atoms with van der Waals surface area (Å²) < 4.78 is 3.46. The van der Waals surface area contributed by atoms with E-state index < -0.39 is 0 Å². The number of fused-ring (bicyclic) bond motifs is 2. The molecule has 0 saturated carbocycles. The van der Waals surface area contributed by atoms with E-state index in [1.807, 2.05) is 52.2 Å². The zero-order valence-corrected chi connectivity index (χ0v) is 18.3. The van der Waals surface area contributed by atoms with E-state index in [0.717, 1.165) is 60.1 Å².